The van der Waals surface area contributed by atoms with Crippen LogP contribution in [0.4, 0.5) is 5.69 Å². The lowest BCUT2D eigenvalue weighted by atomic mass is 9.91. The minimum absolute atomic E-state index is 0.0609. The lowest BCUT2D eigenvalue weighted by Gasteiger charge is -2.28. The highest BCUT2D eigenvalue weighted by atomic mass is 79.9. The van der Waals surface area contributed by atoms with Crippen LogP contribution in [0.3, 0.4) is 0 Å². The molecule has 1 saturated carbocycles. The van der Waals surface area contributed by atoms with Crippen molar-refractivity contribution in [2.45, 2.75) is 36.9 Å². The number of halogens is 1. The van der Waals surface area contributed by atoms with Crippen molar-refractivity contribution in [2.24, 2.45) is 5.92 Å². The van der Waals surface area contributed by atoms with Crippen molar-refractivity contribution in [1.29, 1.82) is 0 Å². The van der Waals surface area contributed by atoms with Gasteiger partial charge in [-0.05, 0) is 37.1 Å². The van der Waals surface area contributed by atoms with Crippen molar-refractivity contribution in [2.75, 3.05) is 5.32 Å². The molecule has 2 aromatic carbocycles. The van der Waals surface area contributed by atoms with Crippen molar-refractivity contribution in [3.63, 3.8) is 0 Å². The van der Waals surface area contributed by atoms with E-state index in [1.807, 2.05) is 37.3 Å². The standard InChI is InChI=1S/C18H20BrNO/c1-18(19,14-9-3-4-10-14)17(21)20-16-12-6-8-13-7-2-5-11-15(13)16/h2,5-8,11-12,14H,3-4,9-10H2,1H3,(H,20,21). The van der Waals surface area contributed by atoms with E-state index in [9.17, 15) is 4.79 Å². The van der Waals surface area contributed by atoms with E-state index >= 15 is 0 Å². The maximum Gasteiger partial charge on any atom is 0.241 e. The van der Waals surface area contributed by atoms with Gasteiger partial charge in [0, 0.05) is 11.1 Å². The Morgan fingerprint density at radius 3 is 2.57 bits per heavy atom. The summed E-state index contributed by atoms with van der Waals surface area (Å²) in [5, 5.41) is 5.35. The van der Waals surface area contributed by atoms with Crippen LogP contribution < -0.4 is 5.32 Å². The number of hydrogen-bond acceptors (Lipinski definition) is 1. The summed E-state index contributed by atoms with van der Waals surface area (Å²) in [5.74, 6) is 0.484. The highest BCUT2D eigenvalue weighted by Crippen LogP contribution is 2.40. The van der Waals surface area contributed by atoms with Gasteiger partial charge in [-0.2, -0.15) is 0 Å². The summed E-state index contributed by atoms with van der Waals surface area (Å²) >= 11 is 3.68. The molecule has 1 N–H and O–H groups in total. The van der Waals surface area contributed by atoms with E-state index in [0.29, 0.717) is 5.92 Å². The Hall–Kier alpha value is -1.35. The predicted molar refractivity (Wildman–Crippen MR) is 91.9 cm³/mol. The van der Waals surface area contributed by atoms with E-state index < -0.39 is 4.32 Å². The third kappa shape index (κ3) is 2.84. The van der Waals surface area contributed by atoms with E-state index in [0.717, 1.165) is 29.3 Å². The molecule has 3 heteroatoms. The number of fused-ring (bicyclic) bond motifs is 1. The third-order valence-electron chi connectivity index (χ3n) is 4.60. The fourth-order valence-electron chi connectivity index (χ4n) is 3.23. The second-order valence-corrected chi connectivity index (χ2v) is 7.69. The molecule has 1 aliphatic rings. The Labute approximate surface area is 134 Å². The number of nitrogens with one attached hydrogen (secondary N) is 1. The quantitative estimate of drug-likeness (QED) is 0.768. The minimum atomic E-state index is -0.486. The Morgan fingerprint density at radius 1 is 1.14 bits per heavy atom. The van der Waals surface area contributed by atoms with Crippen LogP contribution >= 0.6 is 15.9 Å². The average Bonchev–Trinajstić information content (AvgIpc) is 3.02. The first-order chi connectivity index (χ1) is 10.1. The first kappa shape index (κ1) is 14.6. The summed E-state index contributed by atoms with van der Waals surface area (Å²) in [5.41, 5.74) is 0.891. The number of benzene rings is 2. The molecule has 0 aliphatic heterocycles. The largest absolute Gasteiger partial charge is 0.324 e. The summed E-state index contributed by atoms with van der Waals surface area (Å²) in [7, 11) is 0. The Bertz CT molecular complexity index is 654. The first-order valence-corrected chi connectivity index (χ1v) is 8.36. The molecule has 0 bridgehead atoms. The number of hydrogen-bond donors (Lipinski definition) is 1. The van der Waals surface area contributed by atoms with Gasteiger partial charge in [0.05, 0.1) is 0 Å². The summed E-state index contributed by atoms with van der Waals surface area (Å²) in [6, 6.07) is 14.1. The van der Waals surface area contributed by atoms with Crippen LogP contribution in [-0.2, 0) is 4.79 Å². The Balaban J connectivity index is 1.86. The van der Waals surface area contributed by atoms with Gasteiger partial charge < -0.3 is 5.32 Å². The zero-order valence-electron chi connectivity index (χ0n) is 12.2. The number of rotatable bonds is 3. The highest BCUT2D eigenvalue weighted by Gasteiger charge is 2.40. The van der Waals surface area contributed by atoms with Gasteiger partial charge in [0.15, 0.2) is 0 Å². The minimum Gasteiger partial charge on any atom is -0.324 e. The first-order valence-electron chi connectivity index (χ1n) is 7.57. The molecule has 110 valence electrons. The van der Waals surface area contributed by atoms with Gasteiger partial charge in [0.25, 0.3) is 0 Å². The van der Waals surface area contributed by atoms with Crippen LogP contribution in [0, 0.1) is 5.92 Å². The number of carbonyl (C=O) groups excluding carboxylic acids is 1. The molecule has 0 saturated heterocycles. The van der Waals surface area contributed by atoms with Crippen molar-refractivity contribution in [3.8, 4) is 0 Å². The molecule has 1 fully saturated rings. The van der Waals surface area contributed by atoms with Crippen molar-refractivity contribution >= 4 is 38.3 Å². The lowest BCUT2D eigenvalue weighted by Crippen LogP contribution is -2.40. The number of anilines is 1. The van der Waals surface area contributed by atoms with Crippen molar-refractivity contribution < 1.29 is 4.79 Å². The third-order valence-corrected chi connectivity index (χ3v) is 5.61. The van der Waals surface area contributed by atoms with Crippen LogP contribution in [0.2, 0.25) is 0 Å². The number of amides is 1. The van der Waals surface area contributed by atoms with E-state index in [1.54, 1.807) is 0 Å². The second kappa shape index (κ2) is 5.80. The van der Waals surface area contributed by atoms with Crippen LogP contribution in [0.1, 0.15) is 32.6 Å². The van der Waals surface area contributed by atoms with Gasteiger partial charge in [0.2, 0.25) is 5.91 Å². The lowest BCUT2D eigenvalue weighted by molar-refractivity contribution is -0.119. The van der Waals surface area contributed by atoms with Gasteiger partial charge in [0.1, 0.15) is 4.32 Å². The summed E-state index contributed by atoms with van der Waals surface area (Å²) in [6.07, 6.45) is 4.72. The van der Waals surface area contributed by atoms with E-state index in [4.69, 9.17) is 0 Å². The van der Waals surface area contributed by atoms with E-state index in [1.165, 1.54) is 12.8 Å². The SMILES string of the molecule is CC(Br)(C(=O)Nc1cccc2ccccc12)C1CCCC1. The molecule has 0 spiro atoms. The van der Waals surface area contributed by atoms with Gasteiger partial charge in [-0.1, -0.05) is 65.2 Å². The molecule has 0 aromatic heterocycles. The smallest absolute Gasteiger partial charge is 0.241 e. The van der Waals surface area contributed by atoms with Crippen molar-refractivity contribution in [1.82, 2.24) is 0 Å². The predicted octanol–water partition coefficient (Wildman–Crippen LogP) is 5.12. The summed E-state index contributed by atoms with van der Waals surface area (Å²) in [4.78, 5) is 12.7. The molecule has 1 unspecified atom stereocenters. The molecule has 3 rings (SSSR count). The van der Waals surface area contributed by atoms with Gasteiger partial charge >= 0.3 is 0 Å². The molecule has 0 heterocycles. The molecule has 2 nitrogen and oxygen atoms in total. The molecule has 1 atom stereocenters. The maximum atomic E-state index is 12.7. The fourth-order valence-corrected chi connectivity index (χ4v) is 3.79. The van der Waals surface area contributed by atoms with Crippen LogP contribution in [0.5, 0.6) is 0 Å². The molecular formula is C18H20BrNO. The molecule has 2 aromatic rings. The molecular weight excluding hydrogens is 326 g/mol. The topological polar surface area (TPSA) is 29.1 Å². The monoisotopic (exact) mass is 345 g/mol. The number of carbonyl (C=O) groups is 1. The van der Waals surface area contributed by atoms with Gasteiger partial charge in [-0.25, -0.2) is 0 Å². The van der Waals surface area contributed by atoms with Crippen molar-refractivity contribution in [3.05, 3.63) is 42.5 Å². The zero-order valence-corrected chi connectivity index (χ0v) is 13.8. The van der Waals surface area contributed by atoms with Crippen LogP contribution in [-0.4, -0.2) is 10.2 Å². The van der Waals surface area contributed by atoms with E-state index in [2.05, 4.69) is 33.4 Å². The molecule has 1 amide bonds. The molecule has 21 heavy (non-hydrogen) atoms. The second-order valence-electron chi connectivity index (χ2n) is 6.04. The Kier molecular flexibility index (Phi) is 4.03. The number of alkyl halides is 1. The fraction of sp³-hybridized carbons (Fsp3) is 0.389. The zero-order chi connectivity index (χ0) is 14.9. The summed E-state index contributed by atoms with van der Waals surface area (Å²) < 4.78 is -0.486. The van der Waals surface area contributed by atoms with Crippen LogP contribution in [0.15, 0.2) is 42.5 Å². The Morgan fingerprint density at radius 2 is 1.81 bits per heavy atom. The molecule has 0 radical (unpaired) electrons. The summed E-state index contributed by atoms with van der Waals surface area (Å²) in [6.45, 7) is 2.00. The molecule has 1 aliphatic carbocycles. The van der Waals surface area contributed by atoms with Crippen LogP contribution in [0.25, 0.3) is 10.8 Å². The van der Waals surface area contributed by atoms with E-state index in [-0.39, 0.29) is 5.91 Å². The highest BCUT2D eigenvalue weighted by molar-refractivity contribution is 9.10. The average molecular weight is 346 g/mol. The van der Waals surface area contributed by atoms with Gasteiger partial charge in [-0.3, -0.25) is 4.79 Å². The normalized spacial score (nSPS) is 18.6. The van der Waals surface area contributed by atoms with Gasteiger partial charge in [-0.15, -0.1) is 0 Å². The maximum absolute atomic E-state index is 12.7.